The summed E-state index contributed by atoms with van der Waals surface area (Å²) in [5, 5.41) is 6.81. The van der Waals surface area contributed by atoms with Gasteiger partial charge in [-0.25, -0.2) is 0 Å². The van der Waals surface area contributed by atoms with Gasteiger partial charge in [-0.1, -0.05) is 11.2 Å². The zero-order chi connectivity index (χ0) is 10.7. The third kappa shape index (κ3) is 2.28. The summed E-state index contributed by atoms with van der Waals surface area (Å²) in [6.45, 7) is 2.60. The molecule has 0 radical (unpaired) electrons. The van der Waals surface area contributed by atoms with Gasteiger partial charge in [0.1, 0.15) is 0 Å². The molecule has 0 unspecified atom stereocenters. The summed E-state index contributed by atoms with van der Waals surface area (Å²) in [5.74, 6) is 0.787. The Kier molecular flexibility index (Phi) is 2.58. The summed E-state index contributed by atoms with van der Waals surface area (Å²) >= 11 is 0. The van der Waals surface area contributed by atoms with E-state index in [4.69, 9.17) is 10.3 Å². The van der Waals surface area contributed by atoms with Crippen molar-refractivity contribution in [1.82, 2.24) is 5.16 Å². The van der Waals surface area contributed by atoms with Gasteiger partial charge in [0.15, 0.2) is 5.76 Å². The van der Waals surface area contributed by atoms with E-state index in [1.807, 2.05) is 31.2 Å². The van der Waals surface area contributed by atoms with Crippen LogP contribution < -0.4 is 11.1 Å². The number of hydrogen-bond donors (Lipinski definition) is 2. The number of nitrogens with two attached hydrogens (primary N) is 1. The van der Waals surface area contributed by atoms with Gasteiger partial charge >= 0.3 is 0 Å². The van der Waals surface area contributed by atoms with Crippen LogP contribution in [0.1, 0.15) is 11.3 Å². The molecule has 0 aliphatic heterocycles. The lowest BCUT2D eigenvalue weighted by Gasteiger charge is -2.07. The molecule has 1 aromatic carbocycles. The number of benzene rings is 1. The number of anilines is 2. The molecule has 2 aromatic rings. The fourth-order valence-corrected chi connectivity index (χ4v) is 1.36. The monoisotopic (exact) mass is 203 g/mol. The Morgan fingerprint density at radius 3 is 2.93 bits per heavy atom. The first-order valence-electron chi connectivity index (χ1n) is 4.75. The van der Waals surface area contributed by atoms with Crippen molar-refractivity contribution in [3.05, 3.63) is 41.8 Å². The molecule has 0 aliphatic rings. The molecule has 78 valence electrons. The van der Waals surface area contributed by atoms with Gasteiger partial charge in [0.2, 0.25) is 0 Å². The second kappa shape index (κ2) is 4.04. The minimum atomic E-state index is 0.591. The fraction of sp³-hybridized carbons (Fsp3) is 0.182. The van der Waals surface area contributed by atoms with Gasteiger partial charge in [-0.3, -0.25) is 0 Å². The first-order chi connectivity index (χ1) is 7.25. The number of aromatic nitrogens is 1. The second-order valence-corrected chi connectivity index (χ2v) is 3.42. The van der Waals surface area contributed by atoms with E-state index in [2.05, 4.69) is 10.5 Å². The second-order valence-electron chi connectivity index (χ2n) is 3.42. The number of nitrogen functional groups attached to an aromatic ring is 1. The lowest BCUT2D eigenvalue weighted by molar-refractivity contribution is 0.388. The van der Waals surface area contributed by atoms with Crippen LogP contribution in [0.4, 0.5) is 11.4 Å². The zero-order valence-electron chi connectivity index (χ0n) is 8.53. The number of hydrogen-bond acceptors (Lipinski definition) is 4. The largest absolute Gasteiger partial charge is 0.397 e. The number of rotatable bonds is 3. The van der Waals surface area contributed by atoms with E-state index in [1.54, 1.807) is 6.20 Å². The molecule has 2 rings (SSSR count). The van der Waals surface area contributed by atoms with Crippen molar-refractivity contribution in [2.75, 3.05) is 11.1 Å². The first-order valence-corrected chi connectivity index (χ1v) is 4.75. The lowest BCUT2D eigenvalue weighted by Crippen LogP contribution is -2.01. The first kappa shape index (κ1) is 9.58. The van der Waals surface area contributed by atoms with Crippen molar-refractivity contribution in [2.45, 2.75) is 13.5 Å². The Bertz CT molecular complexity index is 437. The molecular formula is C11H13N3O. The van der Waals surface area contributed by atoms with E-state index in [-0.39, 0.29) is 0 Å². The molecule has 1 heterocycles. The van der Waals surface area contributed by atoms with Crippen LogP contribution >= 0.6 is 0 Å². The molecule has 15 heavy (non-hydrogen) atoms. The summed E-state index contributed by atoms with van der Waals surface area (Å²) in [6, 6.07) is 7.72. The van der Waals surface area contributed by atoms with Gasteiger partial charge in [-0.15, -0.1) is 0 Å². The predicted octanol–water partition coefficient (Wildman–Crippen LogP) is 2.18. The van der Waals surface area contributed by atoms with E-state index in [0.717, 1.165) is 22.7 Å². The summed E-state index contributed by atoms with van der Waals surface area (Å²) in [4.78, 5) is 0. The van der Waals surface area contributed by atoms with E-state index in [1.165, 1.54) is 0 Å². The third-order valence-electron chi connectivity index (χ3n) is 2.15. The molecule has 0 saturated heterocycles. The number of aryl methyl sites for hydroxylation is 1. The van der Waals surface area contributed by atoms with E-state index < -0.39 is 0 Å². The Morgan fingerprint density at radius 2 is 2.27 bits per heavy atom. The SMILES string of the molecule is Cc1ccc(NCc2ccno2)c(N)c1. The smallest absolute Gasteiger partial charge is 0.155 e. The molecule has 3 N–H and O–H groups in total. The maximum absolute atomic E-state index is 5.85. The highest BCUT2D eigenvalue weighted by Gasteiger charge is 2.00. The van der Waals surface area contributed by atoms with E-state index in [0.29, 0.717) is 6.54 Å². The Morgan fingerprint density at radius 1 is 1.40 bits per heavy atom. The van der Waals surface area contributed by atoms with Crippen LogP contribution in [0.3, 0.4) is 0 Å². The van der Waals surface area contributed by atoms with E-state index in [9.17, 15) is 0 Å². The molecule has 0 fully saturated rings. The van der Waals surface area contributed by atoms with Crippen LogP contribution in [0.5, 0.6) is 0 Å². The van der Waals surface area contributed by atoms with Gasteiger partial charge in [0.05, 0.1) is 24.1 Å². The number of nitrogens with one attached hydrogen (secondary N) is 1. The minimum Gasteiger partial charge on any atom is -0.397 e. The quantitative estimate of drug-likeness (QED) is 0.750. The molecule has 0 bridgehead atoms. The maximum Gasteiger partial charge on any atom is 0.155 e. The fourth-order valence-electron chi connectivity index (χ4n) is 1.36. The van der Waals surface area contributed by atoms with Crippen molar-refractivity contribution in [3.8, 4) is 0 Å². The van der Waals surface area contributed by atoms with Crippen LogP contribution in [0.25, 0.3) is 0 Å². The maximum atomic E-state index is 5.85. The molecule has 0 aliphatic carbocycles. The topological polar surface area (TPSA) is 64.1 Å². The van der Waals surface area contributed by atoms with Gasteiger partial charge in [0.25, 0.3) is 0 Å². The minimum absolute atomic E-state index is 0.591. The highest BCUT2D eigenvalue weighted by molar-refractivity contribution is 5.66. The zero-order valence-corrected chi connectivity index (χ0v) is 8.53. The number of nitrogens with zero attached hydrogens (tertiary/aromatic N) is 1. The lowest BCUT2D eigenvalue weighted by atomic mass is 10.2. The van der Waals surface area contributed by atoms with Crippen molar-refractivity contribution >= 4 is 11.4 Å². The molecule has 0 atom stereocenters. The normalized spacial score (nSPS) is 10.2. The highest BCUT2D eigenvalue weighted by Crippen LogP contribution is 2.19. The van der Waals surface area contributed by atoms with Crippen LogP contribution in [-0.4, -0.2) is 5.16 Å². The van der Waals surface area contributed by atoms with Crippen LogP contribution in [0.15, 0.2) is 35.0 Å². The summed E-state index contributed by atoms with van der Waals surface area (Å²) < 4.78 is 4.97. The molecule has 0 amide bonds. The Hall–Kier alpha value is -1.97. The van der Waals surface area contributed by atoms with Gasteiger partial charge in [0, 0.05) is 6.07 Å². The average Bonchev–Trinajstić information content (AvgIpc) is 2.69. The van der Waals surface area contributed by atoms with Gasteiger partial charge < -0.3 is 15.6 Å². The summed E-state index contributed by atoms with van der Waals surface area (Å²) in [5.41, 5.74) is 8.66. The van der Waals surface area contributed by atoms with Crippen LogP contribution in [-0.2, 0) is 6.54 Å². The van der Waals surface area contributed by atoms with Crippen LogP contribution in [0.2, 0.25) is 0 Å². The van der Waals surface area contributed by atoms with Crippen LogP contribution in [0, 0.1) is 6.92 Å². The van der Waals surface area contributed by atoms with Gasteiger partial charge in [-0.05, 0) is 24.6 Å². The average molecular weight is 203 g/mol. The molecule has 0 saturated carbocycles. The summed E-state index contributed by atoms with van der Waals surface area (Å²) in [6.07, 6.45) is 1.62. The molecular weight excluding hydrogens is 190 g/mol. The van der Waals surface area contributed by atoms with Crippen molar-refractivity contribution < 1.29 is 4.52 Å². The summed E-state index contributed by atoms with van der Waals surface area (Å²) in [7, 11) is 0. The predicted molar refractivity (Wildman–Crippen MR) is 59.4 cm³/mol. The molecule has 4 heteroatoms. The van der Waals surface area contributed by atoms with Crippen molar-refractivity contribution in [2.24, 2.45) is 0 Å². The van der Waals surface area contributed by atoms with Crippen molar-refractivity contribution in [1.29, 1.82) is 0 Å². The molecule has 1 aromatic heterocycles. The molecule has 4 nitrogen and oxygen atoms in total. The third-order valence-corrected chi connectivity index (χ3v) is 2.15. The standard InChI is InChI=1S/C11H13N3O/c1-8-2-3-11(10(12)6-8)13-7-9-4-5-14-15-9/h2-6,13H,7,12H2,1H3. The van der Waals surface area contributed by atoms with Crippen molar-refractivity contribution in [3.63, 3.8) is 0 Å². The Labute approximate surface area is 88.1 Å². The van der Waals surface area contributed by atoms with Gasteiger partial charge in [-0.2, -0.15) is 0 Å². The molecule has 0 spiro atoms. The highest BCUT2D eigenvalue weighted by atomic mass is 16.5. The van der Waals surface area contributed by atoms with E-state index >= 15 is 0 Å². The Balaban J connectivity index is 2.05.